The van der Waals surface area contributed by atoms with Gasteiger partial charge in [-0.1, -0.05) is 35.9 Å². The van der Waals surface area contributed by atoms with Crippen molar-refractivity contribution in [2.75, 3.05) is 13.6 Å². The second-order valence-electron chi connectivity index (χ2n) is 6.70. The molecule has 0 radical (unpaired) electrons. The quantitative estimate of drug-likeness (QED) is 0.290. The number of halogens is 2. The van der Waals surface area contributed by atoms with E-state index in [1.165, 1.54) is 5.56 Å². The van der Waals surface area contributed by atoms with Gasteiger partial charge in [-0.2, -0.15) is 5.10 Å². The van der Waals surface area contributed by atoms with Crippen LogP contribution in [0.3, 0.4) is 0 Å². The van der Waals surface area contributed by atoms with Crippen molar-refractivity contribution in [1.82, 2.24) is 29.5 Å². The largest absolute Gasteiger partial charge is 0.357 e. The SMILES string of the molecule is CCNC(=NCc1cccc(Cn2cncn2)c1)N(C)Cc1cc(Cl)cn1C.I. The standard InChI is InChI=1S/C20H26ClN7.HI/c1-4-23-20(27(3)13-19-9-18(21)12-26(19)2)24-10-16-6-5-7-17(8-16)11-28-15-22-14-25-28;/h5-9,12,14-15H,4,10-11,13H2,1-3H3,(H,23,24);1H. The number of benzene rings is 1. The summed E-state index contributed by atoms with van der Waals surface area (Å²) in [7, 11) is 4.03. The van der Waals surface area contributed by atoms with Gasteiger partial charge in [0.15, 0.2) is 5.96 Å². The van der Waals surface area contributed by atoms with Crippen molar-refractivity contribution < 1.29 is 0 Å². The van der Waals surface area contributed by atoms with E-state index in [0.29, 0.717) is 13.1 Å². The molecular formula is C20H27ClIN7. The molecule has 0 bridgehead atoms. The van der Waals surface area contributed by atoms with Crippen LogP contribution in [0.4, 0.5) is 0 Å². The van der Waals surface area contributed by atoms with E-state index in [2.05, 4.69) is 51.5 Å². The summed E-state index contributed by atoms with van der Waals surface area (Å²) in [4.78, 5) is 10.9. The van der Waals surface area contributed by atoms with Crippen molar-refractivity contribution in [2.24, 2.45) is 12.0 Å². The summed E-state index contributed by atoms with van der Waals surface area (Å²) < 4.78 is 3.85. The fraction of sp³-hybridized carbons (Fsp3) is 0.350. The van der Waals surface area contributed by atoms with Crippen molar-refractivity contribution in [2.45, 2.75) is 26.6 Å². The summed E-state index contributed by atoms with van der Waals surface area (Å²) in [6, 6.07) is 10.4. The van der Waals surface area contributed by atoms with E-state index in [-0.39, 0.29) is 24.0 Å². The topological polar surface area (TPSA) is 63.3 Å². The number of hydrogen-bond donors (Lipinski definition) is 1. The van der Waals surface area contributed by atoms with Gasteiger partial charge in [0.25, 0.3) is 0 Å². The van der Waals surface area contributed by atoms with Crippen molar-refractivity contribution >= 4 is 41.5 Å². The molecule has 0 aliphatic heterocycles. The lowest BCUT2D eigenvalue weighted by Crippen LogP contribution is -2.38. The number of nitrogens with zero attached hydrogens (tertiary/aromatic N) is 6. The Labute approximate surface area is 193 Å². The Morgan fingerprint density at radius 1 is 1.28 bits per heavy atom. The van der Waals surface area contributed by atoms with Crippen LogP contribution in [0.25, 0.3) is 0 Å². The van der Waals surface area contributed by atoms with E-state index in [1.807, 2.05) is 35.6 Å². The van der Waals surface area contributed by atoms with Crippen LogP contribution in [-0.2, 0) is 26.7 Å². The summed E-state index contributed by atoms with van der Waals surface area (Å²) >= 11 is 6.10. The minimum absolute atomic E-state index is 0. The molecule has 9 heteroatoms. The summed E-state index contributed by atoms with van der Waals surface area (Å²) in [5.74, 6) is 0.863. The Balaban J connectivity index is 0.00000300. The van der Waals surface area contributed by atoms with Crippen LogP contribution < -0.4 is 5.32 Å². The summed E-state index contributed by atoms with van der Waals surface area (Å²) in [6.45, 7) is 4.91. The van der Waals surface area contributed by atoms with Crippen LogP contribution in [0.5, 0.6) is 0 Å². The normalized spacial score (nSPS) is 11.2. The molecule has 2 heterocycles. The maximum Gasteiger partial charge on any atom is 0.194 e. The van der Waals surface area contributed by atoms with Gasteiger partial charge in [-0.25, -0.2) is 14.7 Å². The number of aliphatic imine (C=N–C) groups is 1. The zero-order chi connectivity index (χ0) is 19.9. The van der Waals surface area contributed by atoms with Crippen LogP contribution >= 0.6 is 35.6 Å². The molecule has 0 fully saturated rings. The molecule has 0 aliphatic rings. The molecule has 0 unspecified atom stereocenters. The van der Waals surface area contributed by atoms with Gasteiger partial charge in [0.1, 0.15) is 12.7 Å². The molecule has 1 aromatic carbocycles. The molecule has 0 saturated heterocycles. The average Bonchev–Trinajstić information content (AvgIpc) is 3.28. The van der Waals surface area contributed by atoms with E-state index >= 15 is 0 Å². The summed E-state index contributed by atoms with van der Waals surface area (Å²) in [5.41, 5.74) is 3.46. The van der Waals surface area contributed by atoms with Gasteiger partial charge in [0.2, 0.25) is 0 Å². The monoisotopic (exact) mass is 527 g/mol. The van der Waals surface area contributed by atoms with Crippen LogP contribution in [0.1, 0.15) is 23.7 Å². The molecule has 3 aromatic rings. The van der Waals surface area contributed by atoms with E-state index in [4.69, 9.17) is 16.6 Å². The molecule has 0 spiro atoms. The van der Waals surface area contributed by atoms with Crippen molar-refractivity contribution in [3.63, 3.8) is 0 Å². The third-order valence-electron chi connectivity index (χ3n) is 4.38. The second-order valence-corrected chi connectivity index (χ2v) is 7.14. The Kier molecular flexibility index (Phi) is 8.97. The van der Waals surface area contributed by atoms with E-state index < -0.39 is 0 Å². The number of rotatable bonds is 7. The molecule has 0 atom stereocenters. The first kappa shape index (κ1) is 23.2. The first-order chi connectivity index (χ1) is 13.5. The van der Waals surface area contributed by atoms with Crippen molar-refractivity contribution in [3.8, 4) is 0 Å². The first-order valence-electron chi connectivity index (χ1n) is 9.25. The maximum atomic E-state index is 6.10. The highest BCUT2D eigenvalue weighted by Gasteiger charge is 2.10. The fourth-order valence-corrected chi connectivity index (χ4v) is 3.28. The minimum Gasteiger partial charge on any atom is -0.357 e. The van der Waals surface area contributed by atoms with Gasteiger partial charge in [-0.15, -0.1) is 24.0 Å². The molecule has 7 nitrogen and oxygen atoms in total. The smallest absolute Gasteiger partial charge is 0.194 e. The fourth-order valence-electron chi connectivity index (χ4n) is 3.00. The summed E-state index contributed by atoms with van der Waals surface area (Å²) in [5, 5.41) is 8.27. The van der Waals surface area contributed by atoms with Gasteiger partial charge >= 0.3 is 0 Å². The third kappa shape index (κ3) is 6.74. The van der Waals surface area contributed by atoms with E-state index in [9.17, 15) is 0 Å². The molecule has 156 valence electrons. The lowest BCUT2D eigenvalue weighted by molar-refractivity contribution is 0.462. The highest BCUT2D eigenvalue weighted by Crippen LogP contribution is 2.14. The van der Waals surface area contributed by atoms with Crippen LogP contribution in [-0.4, -0.2) is 43.8 Å². The lowest BCUT2D eigenvalue weighted by atomic mass is 10.1. The van der Waals surface area contributed by atoms with Gasteiger partial charge in [0, 0.05) is 32.5 Å². The van der Waals surface area contributed by atoms with Crippen LogP contribution in [0.2, 0.25) is 5.02 Å². The Bertz CT molecular complexity index is 921. The number of aromatic nitrogens is 4. The Morgan fingerprint density at radius 3 is 2.72 bits per heavy atom. The molecule has 0 saturated carbocycles. The van der Waals surface area contributed by atoms with Crippen LogP contribution in [0, 0.1) is 0 Å². The predicted octanol–water partition coefficient (Wildman–Crippen LogP) is 3.53. The van der Waals surface area contributed by atoms with Crippen molar-refractivity contribution in [3.05, 3.63) is 71.0 Å². The highest BCUT2D eigenvalue weighted by atomic mass is 127. The maximum absolute atomic E-state index is 6.10. The van der Waals surface area contributed by atoms with Gasteiger partial charge in [0.05, 0.1) is 24.7 Å². The van der Waals surface area contributed by atoms with Gasteiger partial charge < -0.3 is 14.8 Å². The third-order valence-corrected chi connectivity index (χ3v) is 4.59. The number of guanidine groups is 1. The molecule has 3 rings (SSSR count). The second kappa shape index (κ2) is 11.2. The molecule has 0 amide bonds. The number of aryl methyl sites for hydroxylation is 1. The van der Waals surface area contributed by atoms with Gasteiger partial charge in [-0.3, -0.25) is 0 Å². The molecule has 0 aliphatic carbocycles. The summed E-state index contributed by atoms with van der Waals surface area (Å²) in [6.07, 6.45) is 5.18. The lowest BCUT2D eigenvalue weighted by Gasteiger charge is -2.22. The average molecular weight is 528 g/mol. The molecular weight excluding hydrogens is 501 g/mol. The minimum atomic E-state index is 0. The van der Waals surface area contributed by atoms with Gasteiger partial charge in [-0.05, 0) is 24.1 Å². The molecule has 2 aromatic heterocycles. The van der Waals surface area contributed by atoms with Crippen LogP contribution in [0.15, 0.2) is 54.2 Å². The van der Waals surface area contributed by atoms with Crippen molar-refractivity contribution in [1.29, 1.82) is 0 Å². The Hall–Kier alpha value is -2.07. The zero-order valence-electron chi connectivity index (χ0n) is 16.9. The highest BCUT2D eigenvalue weighted by molar-refractivity contribution is 14.0. The predicted molar refractivity (Wildman–Crippen MR) is 128 cm³/mol. The Morgan fingerprint density at radius 2 is 2.07 bits per heavy atom. The first-order valence-corrected chi connectivity index (χ1v) is 9.63. The van der Waals surface area contributed by atoms with E-state index in [1.54, 1.807) is 12.7 Å². The number of nitrogens with one attached hydrogen (secondary N) is 1. The zero-order valence-corrected chi connectivity index (χ0v) is 20.0. The molecule has 29 heavy (non-hydrogen) atoms. The number of hydrogen-bond acceptors (Lipinski definition) is 3. The van der Waals surface area contributed by atoms with E-state index in [0.717, 1.165) is 35.3 Å². The molecule has 1 N–H and O–H groups in total.